The van der Waals surface area contributed by atoms with E-state index in [9.17, 15) is 0 Å². The molecule has 2 aliphatic carbocycles. The van der Waals surface area contributed by atoms with Crippen molar-refractivity contribution in [2.24, 2.45) is 0 Å². The predicted molar refractivity (Wildman–Crippen MR) is 122 cm³/mol. The highest BCUT2D eigenvalue weighted by molar-refractivity contribution is 5.50. The Bertz CT molecular complexity index is 1030. The molecule has 2 aliphatic rings. The number of rotatable bonds is 8. The summed E-state index contributed by atoms with van der Waals surface area (Å²) in [6.45, 7) is 0.600. The van der Waals surface area contributed by atoms with Crippen LogP contribution in [0.25, 0.3) is 0 Å². The van der Waals surface area contributed by atoms with Crippen LogP contribution in [0, 0.1) is 0 Å². The van der Waals surface area contributed by atoms with Crippen LogP contribution in [0.3, 0.4) is 0 Å². The molecule has 3 atom stereocenters. The maximum absolute atomic E-state index is 5.92. The van der Waals surface area contributed by atoms with E-state index >= 15 is 0 Å². The first-order valence-electron chi connectivity index (χ1n) is 11.0. The van der Waals surface area contributed by atoms with Gasteiger partial charge in [-0.25, -0.2) is 0 Å². The molecule has 0 bridgehead atoms. The molecule has 3 aromatic carbocycles. The van der Waals surface area contributed by atoms with Gasteiger partial charge in [0.05, 0.1) is 14.2 Å². The molecule has 31 heavy (non-hydrogen) atoms. The zero-order chi connectivity index (χ0) is 21.2. The maximum Gasteiger partial charge on any atom is 0.161 e. The minimum absolute atomic E-state index is 0.387. The van der Waals surface area contributed by atoms with Gasteiger partial charge in [0.25, 0.3) is 0 Å². The minimum atomic E-state index is 0.387. The van der Waals surface area contributed by atoms with Crippen LogP contribution in [0.15, 0.2) is 66.7 Å². The van der Waals surface area contributed by atoms with E-state index in [0.717, 1.165) is 30.1 Å². The average molecular weight is 416 g/mol. The molecule has 3 aromatic rings. The van der Waals surface area contributed by atoms with Crippen molar-refractivity contribution in [1.29, 1.82) is 0 Å². The molecule has 0 aliphatic heterocycles. The summed E-state index contributed by atoms with van der Waals surface area (Å²) in [5.41, 5.74) is 5.29. The molecule has 4 heteroatoms. The molecule has 1 fully saturated rings. The molecular weight excluding hydrogens is 386 g/mol. The van der Waals surface area contributed by atoms with Crippen molar-refractivity contribution in [3.63, 3.8) is 0 Å². The summed E-state index contributed by atoms with van der Waals surface area (Å²) in [4.78, 5) is 0. The van der Waals surface area contributed by atoms with Crippen molar-refractivity contribution in [2.75, 3.05) is 14.2 Å². The van der Waals surface area contributed by atoms with E-state index in [0.29, 0.717) is 24.6 Å². The Balaban J connectivity index is 1.19. The van der Waals surface area contributed by atoms with E-state index in [2.05, 4.69) is 53.8 Å². The minimum Gasteiger partial charge on any atom is -0.493 e. The second-order valence-electron chi connectivity index (χ2n) is 8.46. The van der Waals surface area contributed by atoms with Crippen molar-refractivity contribution in [3.05, 3.63) is 89.0 Å². The molecule has 4 nitrogen and oxygen atoms in total. The first-order valence-corrected chi connectivity index (χ1v) is 11.0. The number of nitrogens with one attached hydrogen (secondary N) is 1. The second-order valence-corrected chi connectivity index (χ2v) is 8.46. The molecule has 3 unspecified atom stereocenters. The van der Waals surface area contributed by atoms with E-state index in [1.165, 1.54) is 28.7 Å². The Labute approximate surface area is 184 Å². The van der Waals surface area contributed by atoms with Gasteiger partial charge in [-0.15, -0.1) is 0 Å². The van der Waals surface area contributed by atoms with Gasteiger partial charge in [-0.3, -0.25) is 0 Å². The average Bonchev–Trinajstić information content (AvgIpc) is 3.49. The number of benzene rings is 3. The highest BCUT2D eigenvalue weighted by Gasteiger charge is 2.40. The molecule has 0 amide bonds. The van der Waals surface area contributed by atoms with E-state index in [-0.39, 0.29) is 0 Å². The molecule has 1 N–H and O–H groups in total. The fraction of sp³-hybridized carbons (Fsp3) is 0.333. The van der Waals surface area contributed by atoms with Gasteiger partial charge < -0.3 is 19.5 Å². The van der Waals surface area contributed by atoms with Gasteiger partial charge in [-0.05, 0) is 65.8 Å². The summed E-state index contributed by atoms with van der Waals surface area (Å²) in [6, 6.07) is 24.1. The second kappa shape index (κ2) is 8.64. The third kappa shape index (κ3) is 4.26. The Kier molecular flexibility index (Phi) is 5.56. The van der Waals surface area contributed by atoms with Crippen molar-refractivity contribution < 1.29 is 14.2 Å². The molecule has 1 saturated carbocycles. The van der Waals surface area contributed by atoms with Crippen LogP contribution < -0.4 is 19.5 Å². The lowest BCUT2D eigenvalue weighted by Gasteiger charge is -2.16. The normalized spacial score (nSPS) is 21.4. The van der Waals surface area contributed by atoms with Crippen LogP contribution in [0.2, 0.25) is 0 Å². The summed E-state index contributed by atoms with van der Waals surface area (Å²) in [6.07, 6.45) is 3.39. The maximum atomic E-state index is 5.92. The fourth-order valence-corrected chi connectivity index (χ4v) is 4.66. The van der Waals surface area contributed by atoms with Crippen molar-refractivity contribution in [1.82, 2.24) is 5.32 Å². The van der Waals surface area contributed by atoms with Gasteiger partial charge in [-0.1, -0.05) is 42.5 Å². The Morgan fingerprint density at radius 2 is 1.65 bits per heavy atom. The van der Waals surface area contributed by atoms with E-state index < -0.39 is 0 Å². The lowest BCUT2D eigenvalue weighted by atomic mass is 10.1. The fourth-order valence-electron chi connectivity index (χ4n) is 4.66. The zero-order valence-electron chi connectivity index (χ0n) is 18.1. The Morgan fingerprint density at radius 3 is 2.39 bits per heavy atom. The van der Waals surface area contributed by atoms with Crippen molar-refractivity contribution in [3.8, 4) is 17.2 Å². The van der Waals surface area contributed by atoms with Gasteiger partial charge in [0, 0.05) is 18.0 Å². The van der Waals surface area contributed by atoms with E-state index in [1.54, 1.807) is 14.2 Å². The number of hydrogen-bond donors (Lipinski definition) is 1. The number of ether oxygens (including phenoxy) is 3. The van der Waals surface area contributed by atoms with Crippen molar-refractivity contribution >= 4 is 0 Å². The summed E-state index contributed by atoms with van der Waals surface area (Å²) in [5, 5.41) is 3.88. The molecule has 0 saturated heterocycles. The van der Waals surface area contributed by atoms with Crippen LogP contribution >= 0.6 is 0 Å². The van der Waals surface area contributed by atoms with E-state index in [4.69, 9.17) is 14.2 Å². The lowest BCUT2D eigenvalue weighted by Crippen LogP contribution is -2.22. The number of methoxy groups -OCH3 is 2. The summed E-state index contributed by atoms with van der Waals surface area (Å²) in [7, 11) is 3.40. The Hall–Kier alpha value is -2.98. The smallest absolute Gasteiger partial charge is 0.161 e. The number of aryl methyl sites for hydroxylation is 1. The van der Waals surface area contributed by atoms with Crippen LogP contribution in [-0.4, -0.2) is 20.3 Å². The van der Waals surface area contributed by atoms with Crippen LogP contribution in [-0.2, 0) is 13.0 Å². The van der Waals surface area contributed by atoms with Crippen LogP contribution in [0.4, 0.5) is 0 Å². The number of hydrogen-bond acceptors (Lipinski definition) is 4. The zero-order valence-corrected chi connectivity index (χ0v) is 18.1. The number of fused-ring (bicyclic) bond motifs is 1. The van der Waals surface area contributed by atoms with Crippen molar-refractivity contribution in [2.45, 2.75) is 43.9 Å². The summed E-state index contributed by atoms with van der Waals surface area (Å²) in [5.74, 6) is 3.13. The third-order valence-corrected chi connectivity index (χ3v) is 6.49. The van der Waals surface area contributed by atoms with E-state index in [1.807, 2.05) is 18.2 Å². The van der Waals surface area contributed by atoms with Gasteiger partial charge >= 0.3 is 0 Å². The first-order chi connectivity index (χ1) is 15.2. The molecule has 5 rings (SSSR count). The summed E-state index contributed by atoms with van der Waals surface area (Å²) >= 11 is 0. The van der Waals surface area contributed by atoms with Gasteiger partial charge in [0.15, 0.2) is 11.5 Å². The van der Waals surface area contributed by atoms with Gasteiger partial charge in [0.2, 0.25) is 0 Å². The third-order valence-electron chi connectivity index (χ3n) is 6.49. The first kappa shape index (κ1) is 20.0. The summed E-state index contributed by atoms with van der Waals surface area (Å²) < 4.78 is 16.9. The lowest BCUT2D eigenvalue weighted by molar-refractivity contribution is 0.306. The largest absolute Gasteiger partial charge is 0.493 e. The highest BCUT2D eigenvalue weighted by atomic mass is 16.5. The van der Waals surface area contributed by atoms with Crippen LogP contribution in [0.1, 0.15) is 47.1 Å². The monoisotopic (exact) mass is 415 g/mol. The molecule has 0 spiro atoms. The van der Waals surface area contributed by atoms with Crippen LogP contribution in [0.5, 0.6) is 17.2 Å². The predicted octanol–water partition coefficient (Wildman–Crippen LogP) is 5.42. The molecule has 0 heterocycles. The molecule has 0 radical (unpaired) electrons. The van der Waals surface area contributed by atoms with Gasteiger partial charge in [0.1, 0.15) is 12.4 Å². The topological polar surface area (TPSA) is 39.7 Å². The molecule has 160 valence electrons. The highest BCUT2D eigenvalue weighted by Crippen LogP contribution is 2.45. The molecular formula is C27H29NO3. The standard InChI is InChI=1S/C27H29NO3/c1-29-26-14-20-10-13-24(23(20)16-27(26)30-2)28-25-15-22(25)19-8-11-21(12-9-19)31-17-18-6-4-3-5-7-18/h3-9,11-12,14,16,22,24-25,28H,10,13,15,17H2,1-2H3. The SMILES string of the molecule is COc1cc2c(cc1OC)C(NC1CC1c1ccc(OCc3ccccc3)cc1)CC2. The quantitative estimate of drug-likeness (QED) is 0.534. The molecule has 0 aromatic heterocycles. The van der Waals surface area contributed by atoms with Gasteiger partial charge in [-0.2, -0.15) is 0 Å². The Morgan fingerprint density at radius 1 is 0.903 bits per heavy atom.